The topological polar surface area (TPSA) is 64.4 Å². The van der Waals surface area contributed by atoms with Crippen LogP contribution in [0, 0.1) is 11.3 Å². The van der Waals surface area contributed by atoms with Crippen molar-refractivity contribution in [3.05, 3.63) is 35.9 Å². The van der Waals surface area contributed by atoms with Crippen molar-refractivity contribution in [3.8, 4) is 0 Å². The van der Waals surface area contributed by atoms with Gasteiger partial charge in [0.2, 0.25) is 5.91 Å². The smallest absolute Gasteiger partial charge is 0.222 e. The Morgan fingerprint density at radius 3 is 2.86 bits per heavy atom. The summed E-state index contributed by atoms with van der Waals surface area (Å²) in [6, 6.07) is 9.74. The number of rotatable bonds is 4. The monoisotopic (exact) mass is 288 g/mol. The van der Waals surface area contributed by atoms with E-state index in [1.165, 1.54) is 0 Å². The fourth-order valence-electron chi connectivity index (χ4n) is 3.87. The average molecular weight is 288 g/mol. The molecule has 3 N–H and O–H groups in total. The van der Waals surface area contributed by atoms with Crippen LogP contribution in [-0.4, -0.2) is 24.7 Å². The van der Waals surface area contributed by atoms with Gasteiger partial charge < -0.3 is 15.8 Å². The summed E-state index contributed by atoms with van der Waals surface area (Å²) in [5, 5.41) is 3.18. The summed E-state index contributed by atoms with van der Waals surface area (Å²) in [7, 11) is 0. The highest BCUT2D eigenvalue weighted by molar-refractivity contribution is 5.77. The molecule has 2 fully saturated rings. The summed E-state index contributed by atoms with van der Waals surface area (Å²) in [6.45, 7) is 5.15. The standard InChI is InChI=1S/C17H24N2O2/c1-17(2)15(12-8-9-21-16(12)17)19-14(20)10-13(18)11-6-4-3-5-7-11/h3-7,12-13,15-16H,8-10,18H2,1-2H3,(H,19,20)/t12-,13+,15-,16-/m1/s1. The number of amides is 1. The predicted molar refractivity (Wildman–Crippen MR) is 81.5 cm³/mol. The first-order valence-corrected chi connectivity index (χ1v) is 7.71. The molecular formula is C17H24N2O2. The summed E-state index contributed by atoms with van der Waals surface area (Å²) in [6.07, 6.45) is 1.67. The Bertz CT molecular complexity index is 515. The van der Waals surface area contributed by atoms with E-state index in [2.05, 4.69) is 19.2 Å². The Kier molecular flexibility index (Phi) is 3.76. The largest absolute Gasteiger partial charge is 0.377 e. The van der Waals surface area contributed by atoms with Gasteiger partial charge in [0, 0.05) is 36.4 Å². The molecule has 1 aliphatic carbocycles. The van der Waals surface area contributed by atoms with Gasteiger partial charge in [-0.3, -0.25) is 4.79 Å². The van der Waals surface area contributed by atoms with Crippen molar-refractivity contribution in [1.82, 2.24) is 5.32 Å². The van der Waals surface area contributed by atoms with Crippen LogP contribution in [0.15, 0.2) is 30.3 Å². The van der Waals surface area contributed by atoms with E-state index < -0.39 is 0 Å². The normalized spacial score (nSPS) is 31.1. The molecule has 4 atom stereocenters. The molecule has 1 aromatic rings. The van der Waals surface area contributed by atoms with Crippen LogP contribution in [0.4, 0.5) is 0 Å². The Hall–Kier alpha value is -1.39. The summed E-state index contributed by atoms with van der Waals surface area (Å²) < 4.78 is 5.75. The number of ether oxygens (including phenoxy) is 1. The van der Waals surface area contributed by atoms with Gasteiger partial charge in [0.1, 0.15) is 0 Å². The van der Waals surface area contributed by atoms with Crippen LogP contribution in [0.5, 0.6) is 0 Å². The van der Waals surface area contributed by atoms with E-state index in [1.807, 2.05) is 30.3 Å². The third-order valence-electron chi connectivity index (χ3n) is 5.05. The first kappa shape index (κ1) is 14.5. The molecule has 114 valence electrons. The zero-order valence-electron chi connectivity index (χ0n) is 12.7. The molecule has 1 saturated carbocycles. The summed E-state index contributed by atoms with van der Waals surface area (Å²) in [5.74, 6) is 0.506. The maximum absolute atomic E-state index is 12.3. The SMILES string of the molecule is CC1(C)[C@H](NC(=O)C[C@H](N)c2ccccc2)[C@H]2CCO[C@H]21. The molecule has 1 heterocycles. The fraction of sp³-hybridized carbons (Fsp3) is 0.588. The minimum Gasteiger partial charge on any atom is -0.377 e. The second-order valence-electron chi connectivity index (χ2n) is 6.83. The van der Waals surface area contributed by atoms with Crippen molar-refractivity contribution in [2.45, 2.75) is 44.9 Å². The van der Waals surface area contributed by atoms with E-state index in [4.69, 9.17) is 10.5 Å². The third-order valence-corrected chi connectivity index (χ3v) is 5.05. The van der Waals surface area contributed by atoms with E-state index in [0.717, 1.165) is 18.6 Å². The van der Waals surface area contributed by atoms with Gasteiger partial charge in [0.15, 0.2) is 0 Å². The van der Waals surface area contributed by atoms with Crippen LogP contribution in [0.1, 0.15) is 38.3 Å². The molecule has 4 nitrogen and oxygen atoms in total. The second kappa shape index (κ2) is 5.43. The van der Waals surface area contributed by atoms with Gasteiger partial charge in [0.25, 0.3) is 0 Å². The minimum atomic E-state index is -0.245. The molecule has 0 spiro atoms. The van der Waals surface area contributed by atoms with Crippen LogP contribution in [0.25, 0.3) is 0 Å². The van der Waals surface area contributed by atoms with E-state index in [1.54, 1.807) is 0 Å². The van der Waals surface area contributed by atoms with Gasteiger partial charge in [-0.05, 0) is 12.0 Å². The fourth-order valence-corrected chi connectivity index (χ4v) is 3.87. The maximum Gasteiger partial charge on any atom is 0.222 e. The van der Waals surface area contributed by atoms with Crippen LogP contribution < -0.4 is 11.1 Å². The molecule has 1 aliphatic heterocycles. The lowest BCUT2D eigenvalue weighted by Gasteiger charge is -2.54. The number of benzene rings is 1. The summed E-state index contributed by atoms with van der Waals surface area (Å²) in [5.41, 5.74) is 7.14. The van der Waals surface area contributed by atoms with E-state index in [0.29, 0.717) is 18.4 Å². The lowest BCUT2D eigenvalue weighted by molar-refractivity contribution is -0.138. The number of fused-ring (bicyclic) bond motifs is 1. The first-order valence-electron chi connectivity index (χ1n) is 7.71. The van der Waals surface area contributed by atoms with Gasteiger partial charge in [-0.2, -0.15) is 0 Å². The molecule has 0 radical (unpaired) electrons. The Morgan fingerprint density at radius 2 is 2.14 bits per heavy atom. The zero-order valence-corrected chi connectivity index (χ0v) is 12.7. The van der Waals surface area contributed by atoms with Crippen LogP contribution in [-0.2, 0) is 9.53 Å². The summed E-state index contributed by atoms with van der Waals surface area (Å²) >= 11 is 0. The van der Waals surface area contributed by atoms with Crippen LogP contribution in [0.2, 0.25) is 0 Å². The Balaban J connectivity index is 1.57. The number of hydrogen-bond acceptors (Lipinski definition) is 3. The first-order chi connectivity index (χ1) is 10.00. The number of carbonyl (C=O) groups is 1. The van der Waals surface area contributed by atoms with Gasteiger partial charge in [-0.1, -0.05) is 44.2 Å². The molecule has 4 heteroatoms. The molecule has 21 heavy (non-hydrogen) atoms. The number of hydrogen-bond donors (Lipinski definition) is 2. The minimum absolute atomic E-state index is 0.0215. The zero-order chi connectivity index (χ0) is 15.0. The predicted octanol–water partition coefficient (Wildman–Crippen LogP) is 2.01. The number of nitrogens with two attached hydrogens (primary N) is 1. The molecular weight excluding hydrogens is 264 g/mol. The van der Waals surface area contributed by atoms with Crippen molar-refractivity contribution in [1.29, 1.82) is 0 Å². The van der Waals surface area contributed by atoms with Crippen LogP contribution in [0.3, 0.4) is 0 Å². The molecule has 0 bridgehead atoms. The van der Waals surface area contributed by atoms with Gasteiger partial charge >= 0.3 is 0 Å². The average Bonchev–Trinajstić information content (AvgIpc) is 2.93. The van der Waals surface area contributed by atoms with E-state index in [-0.39, 0.29) is 23.4 Å². The highest BCUT2D eigenvalue weighted by Crippen LogP contribution is 2.52. The van der Waals surface area contributed by atoms with Crippen molar-refractivity contribution >= 4 is 5.91 Å². The number of carbonyl (C=O) groups excluding carboxylic acids is 1. The number of nitrogens with one attached hydrogen (secondary N) is 1. The van der Waals surface area contributed by atoms with Crippen LogP contribution >= 0.6 is 0 Å². The third kappa shape index (κ3) is 2.58. The van der Waals surface area contributed by atoms with Crippen molar-refractivity contribution in [2.24, 2.45) is 17.1 Å². The van der Waals surface area contributed by atoms with Crippen molar-refractivity contribution in [3.63, 3.8) is 0 Å². The second-order valence-corrected chi connectivity index (χ2v) is 6.83. The maximum atomic E-state index is 12.3. The summed E-state index contributed by atoms with van der Waals surface area (Å²) in [4.78, 5) is 12.3. The molecule has 1 aromatic carbocycles. The lowest BCUT2D eigenvalue weighted by atomic mass is 9.57. The Morgan fingerprint density at radius 1 is 1.43 bits per heavy atom. The molecule has 1 saturated heterocycles. The molecule has 2 aliphatic rings. The van der Waals surface area contributed by atoms with Gasteiger partial charge in [-0.15, -0.1) is 0 Å². The molecule has 0 aromatic heterocycles. The lowest BCUT2D eigenvalue weighted by Crippen LogP contribution is -2.66. The van der Waals surface area contributed by atoms with Crippen molar-refractivity contribution < 1.29 is 9.53 Å². The molecule has 1 amide bonds. The van der Waals surface area contributed by atoms with Gasteiger partial charge in [0.05, 0.1) is 6.10 Å². The van der Waals surface area contributed by atoms with E-state index >= 15 is 0 Å². The highest BCUT2D eigenvalue weighted by atomic mass is 16.5. The highest BCUT2D eigenvalue weighted by Gasteiger charge is 2.59. The molecule has 0 unspecified atom stereocenters. The Labute approximate surface area is 126 Å². The van der Waals surface area contributed by atoms with Gasteiger partial charge in [-0.25, -0.2) is 0 Å². The quantitative estimate of drug-likeness (QED) is 0.890. The van der Waals surface area contributed by atoms with E-state index in [9.17, 15) is 4.79 Å². The van der Waals surface area contributed by atoms with Crippen molar-refractivity contribution in [2.75, 3.05) is 6.61 Å². The molecule has 3 rings (SSSR count).